The van der Waals surface area contributed by atoms with Crippen LogP contribution in [-0.2, 0) is 0 Å². The maximum Gasteiger partial charge on any atom is 0.182 e. The number of nitrogens with one attached hydrogen (secondary N) is 1. The van der Waals surface area contributed by atoms with Crippen LogP contribution in [0.3, 0.4) is 0 Å². The summed E-state index contributed by atoms with van der Waals surface area (Å²) in [5.41, 5.74) is 2.09. The van der Waals surface area contributed by atoms with Gasteiger partial charge in [0.05, 0.1) is 11.4 Å². The van der Waals surface area contributed by atoms with E-state index in [9.17, 15) is 0 Å². The standard InChI is InChI=1S/C10H15NO2/c1-5-9-10(6(2)11-5)13-8(4)7(3)12-9/h7-8,11H,1-4H3. The van der Waals surface area contributed by atoms with Crippen molar-refractivity contribution in [2.75, 3.05) is 0 Å². The Morgan fingerprint density at radius 1 is 0.923 bits per heavy atom. The van der Waals surface area contributed by atoms with Crippen molar-refractivity contribution < 1.29 is 9.47 Å². The third-order valence-electron chi connectivity index (χ3n) is 2.53. The van der Waals surface area contributed by atoms with E-state index in [0.29, 0.717) is 0 Å². The SMILES string of the molecule is Cc1[nH]c(C)c2c1OC(C)C(C)O2. The fourth-order valence-corrected chi connectivity index (χ4v) is 1.58. The van der Waals surface area contributed by atoms with Gasteiger partial charge in [-0.05, 0) is 27.7 Å². The van der Waals surface area contributed by atoms with E-state index in [1.165, 1.54) is 0 Å². The fraction of sp³-hybridized carbons (Fsp3) is 0.600. The number of hydrogen-bond donors (Lipinski definition) is 1. The van der Waals surface area contributed by atoms with E-state index < -0.39 is 0 Å². The van der Waals surface area contributed by atoms with Crippen LogP contribution in [0.2, 0.25) is 0 Å². The maximum absolute atomic E-state index is 5.74. The molecule has 0 saturated heterocycles. The van der Waals surface area contributed by atoms with Crippen molar-refractivity contribution in [1.82, 2.24) is 4.98 Å². The highest BCUT2D eigenvalue weighted by molar-refractivity contribution is 5.49. The van der Waals surface area contributed by atoms with Crippen LogP contribution < -0.4 is 9.47 Å². The number of rotatable bonds is 0. The Bertz CT molecular complexity index is 299. The van der Waals surface area contributed by atoms with Gasteiger partial charge in [0.2, 0.25) is 0 Å². The molecule has 72 valence electrons. The number of hydrogen-bond acceptors (Lipinski definition) is 2. The lowest BCUT2D eigenvalue weighted by Gasteiger charge is -2.28. The molecule has 0 fully saturated rings. The summed E-state index contributed by atoms with van der Waals surface area (Å²) in [7, 11) is 0. The second kappa shape index (κ2) is 2.69. The van der Waals surface area contributed by atoms with Crippen molar-refractivity contribution >= 4 is 0 Å². The van der Waals surface area contributed by atoms with Crippen molar-refractivity contribution in [3.63, 3.8) is 0 Å². The van der Waals surface area contributed by atoms with Gasteiger partial charge in [-0.2, -0.15) is 0 Å². The van der Waals surface area contributed by atoms with Crippen molar-refractivity contribution in [1.29, 1.82) is 0 Å². The first-order valence-electron chi connectivity index (χ1n) is 4.62. The number of H-pyrrole nitrogens is 1. The van der Waals surface area contributed by atoms with Gasteiger partial charge in [0.1, 0.15) is 12.2 Å². The monoisotopic (exact) mass is 181 g/mol. The zero-order valence-corrected chi connectivity index (χ0v) is 8.47. The predicted octanol–water partition coefficient (Wildman–Crippen LogP) is 2.18. The van der Waals surface area contributed by atoms with E-state index in [1.807, 2.05) is 27.7 Å². The van der Waals surface area contributed by atoms with Crippen LogP contribution in [-0.4, -0.2) is 17.2 Å². The lowest BCUT2D eigenvalue weighted by atomic mass is 10.2. The van der Waals surface area contributed by atoms with Gasteiger partial charge in [0, 0.05) is 0 Å². The summed E-state index contributed by atoms with van der Waals surface area (Å²) >= 11 is 0. The van der Waals surface area contributed by atoms with Gasteiger partial charge in [0.15, 0.2) is 11.5 Å². The summed E-state index contributed by atoms with van der Waals surface area (Å²) in [6, 6.07) is 0. The lowest BCUT2D eigenvalue weighted by Crippen LogP contribution is -2.34. The zero-order valence-electron chi connectivity index (χ0n) is 8.47. The molecule has 3 nitrogen and oxygen atoms in total. The van der Waals surface area contributed by atoms with Gasteiger partial charge < -0.3 is 14.5 Å². The molecular weight excluding hydrogens is 166 g/mol. The van der Waals surface area contributed by atoms with E-state index in [4.69, 9.17) is 9.47 Å². The molecule has 0 bridgehead atoms. The minimum absolute atomic E-state index is 0.126. The second-order valence-electron chi connectivity index (χ2n) is 3.68. The molecule has 3 heteroatoms. The van der Waals surface area contributed by atoms with E-state index in [-0.39, 0.29) is 12.2 Å². The van der Waals surface area contributed by atoms with Gasteiger partial charge in [-0.3, -0.25) is 0 Å². The molecule has 0 amide bonds. The Morgan fingerprint density at radius 3 is 1.69 bits per heavy atom. The van der Waals surface area contributed by atoms with Crippen LogP contribution >= 0.6 is 0 Å². The Labute approximate surface area is 78.1 Å². The van der Waals surface area contributed by atoms with Gasteiger partial charge in [0.25, 0.3) is 0 Å². The summed E-state index contributed by atoms with van der Waals surface area (Å²) in [4.78, 5) is 3.21. The Morgan fingerprint density at radius 2 is 1.31 bits per heavy atom. The molecule has 1 N–H and O–H groups in total. The van der Waals surface area contributed by atoms with Crippen molar-refractivity contribution in [3.8, 4) is 11.5 Å². The average Bonchev–Trinajstić information content (AvgIpc) is 2.31. The van der Waals surface area contributed by atoms with Crippen LogP contribution in [0.5, 0.6) is 11.5 Å². The molecule has 1 aromatic heterocycles. The molecule has 2 heterocycles. The van der Waals surface area contributed by atoms with Crippen molar-refractivity contribution in [2.45, 2.75) is 39.9 Å². The summed E-state index contributed by atoms with van der Waals surface area (Å²) in [6.45, 7) is 8.04. The third-order valence-corrected chi connectivity index (χ3v) is 2.53. The van der Waals surface area contributed by atoms with Crippen LogP contribution in [0.4, 0.5) is 0 Å². The normalized spacial score (nSPS) is 26.2. The highest BCUT2D eigenvalue weighted by Gasteiger charge is 2.28. The average molecular weight is 181 g/mol. The molecule has 1 aliphatic heterocycles. The maximum atomic E-state index is 5.74. The predicted molar refractivity (Wildman–Crippen MR) is 50.4 cm³/mol. The molecule has 1 aromatic rings. The summed E-state index contributed by atoms with van der Waals surface area (Å²) in [6.07, 6.45) is 0.253. The number of aromatic nitrogens is 1. The molecule has 1 aliphatic rings. The quantitative estimate of drug-likeness (QED) is 0.665. The van der Waals surface area contributed by atoms with Gasteiger partial charge in [-0.1, -0.05) is 0 Å². The molecule has 0 spiro atoms. The Balaban J connectivity index is 2.44. The number of aromatic amines is 1. The smallest absolute Gasteiger partial charge is 0.182 e. The molecule has 2 rings (SSSR count). The van der Waals surface area contributed by atoms with Gasteiger partial charge >= 0.3 is 0 Å². The van der Waals surface area contributed by atoms with Gasteiger partial charge in [-0.25, -0.2) is 0 Å². The molecule has 0 aliphatic carbocycles. The largest absolute Gasteiger partial charge is 0.481 e. The van der Waals surface area contributed by atoms with Crippen molar-refractivity contribution in [3.05, 3.63) is 11.4 Å². The molecule has 0 saturated carbocycles. The van der Waals surface area contributed by atoms with Crippen LogP contribution in [0, 0.1) is 13.8 Å². The zero-order chi connectivity index (χ0) is 9.59. The number of fused-ring (bicyclic) bond motifs is 1. The minimum atomic E-state index is 0.126. The summed E-state index contributed by atoms with van der Waals surface area (Å²) < 4.78 is 11.5. The van der Waals surface area contributed by atoms with E-state index in [0.717, 1.165) is 22.9 Å². The highest BCUT2D eigenvalue weighted by Crippen LogP contribution is 2.39. The molecule has 2 atom stereocenters. The number of ether oxygens (including phenoxy) is 2. The van der Waals surface area contributed by atoms with E-state index in [2.05, 4.69) is 4.98 Å². The van der Waals surface area contributed by atoms with E-state index >= 15 is 0 Å². The molecule has 2 unspecified atom stereocenters. The molecule has 13 heavy (non-hydrogen) atoms. The van der Waals surface area contributed by atoms with Gasteiger partial charge in [-0.15, -0.1) is 0 Å². The molecule has 0 aromatic carbocycles. The minimum Gasteiger partial charge on any atom is -0.481 e. The Hall–Kier alpha value is -1.12. The number of aryl methyl sites for hydroxylation is 2. The van der Waals surface area contributed by atoms with Crippen LogP contribution in [0.25, 0.3) is 0 Å². The first-order valence-corrected chi connectivity index (χ1v) is 4.62. The molecule has 0 radical (unpaired) electrons. The first-order chi connectivity index (χ1) is 6.09. The first kappa shape index (κ1) is 8.48. The summed E-state index contributed by atoms with van der Waals surface area (Å²) in [5, 5.41) is 0. The highest BCUT2D eigenvalue weighted by atomic mass is 16.6. The topological polar surface area (TPSA) is 34.2 Å². The third kappa shape index (κ3) is 1.19. The van der Waals surface area contributed by atoms with Crippen molar-refractivity contribution in [2.24, 2.45) is 0 Å². The summed E-state index contributed by atoms with van der Waals surface area (Å²) in [5.74, 6) is 1.76. The van der Waals surface area contributed by atoms with E-state index in [1.54, 1.807) is 0 Å². The van der Waals surface area contributed by atoms with Crippen LogP contribution in [0.1, 0.15) is 25.2 Å². The van der Waals surface area contributed by atoms with Crippen LogP contribution in [0.15, 0.2) is 0 Å². The lowest BCUT2D eigenvalue weighted by molar-refractivity contribution is 0.0430. The Kier molecular flexibility index (Phi) is 1.75. The fourth-order valence-electron chi connectivity index (χ4n) is 1.58. The molecular formula is C10H15NO2. The second-order valence-corrected chi connectivity index (χ2v) is 3.68.